The summed E-state index contributed by atoms with van der Waals surface area (Å²) in [5, 5.41) is 0. The van der Waals surface area contributed by atoms with Crippen LogP contribution in [0.3, 0.4) is 0 Å². The van der Waals surface area contributed by atoms with E-state index < -0.39 is 6.36 Å². The van der Waals surface area contributed by atoms with E-state index in [1.807, 2.05) is 18.2 Å². The van der Waals surface area contributed by atoms with Crippen molar-refractivity contribution in [3.05, 3.63) is 65.7 Å². The summed E-state index contributed by atoms with van der Waals surface area (Å²) in [6, 6.07) is 14.8. The third kappa shape index (κ3) is 5.72. The Kier molecular flexibility index (Phi) is 6.01. The molecule has 0 N–H and O–H groups in total. The molecule has 144 valence electrons. The lowest BCUT2D eigenvalue weighted by molar-refractivity contribution is -0.274. The largest absolute Gasteiger partial charge is 0.573 e. The van der Waals surface area contributed by atoms with E-state index in [1.54, 1.807) is 23.1 Å². The second-order valence-corrected chi connectivity index (χ2v) is 6.39. The number of rotatable bonds is 5. The second-order valence-electron chi connectivity index (χ2n) is 6.39. The highest BCUT2D eigenvalue weighted by molar-refractivity contribution is 5.94. The molecule has 0 bridgehead atoms. The average Bonchev–Trinajstić information content (AvgIpc) is 2.66. The maximum Gasteiger partial charge on any atom is 0.573 e. The average molecular weight is 379 g/mol. The van der Waals surface area contributed by atoms with Crippen LogP contribution in [0.15, 0.2) is 54.6 Å². The smallest absolute Gasteiger partial charge is 0.406 e. The predicted molar refractivity (Wildman–Crippen MR) is 93.3 cm³/mol. The molecule has 0 saturated carbocycles. The van der Waals surface area contributed by atoms with Crippen molar-refractivity contribution in [3.8, 4) is 5.75 Å². The van der Waals surface area contributed by atoms with Gasteiger partial charge in [0.15, 0.2) is 0 Å². The summed E-state index contributed by atoms with van der Waals surface area (Å²) >= 11 is 0. The summed E-state index contributed by atoms with van der Waals surface area (Å²) in [5.41, 5.74) is 1.22. The lowest BCUT2D eigenvalue weighted by atomic mass is 10.1. The lowest BCUT2D eigenvalue weighted by Gasteiger charge is -2.32. The molecule has 1 atom stereocenters. The van der Waals surface area contributed by atoms with E-state index in [2.05, 4.69) is 4.74 Å². The van der Waals surface area contributed by atoms with Crippen molar-refractivity contribution in [2.24, 2.45) is 0 Å². The van der Waals surface area contributed by atoms with E-state index in [1.165, 1.54) is 18.2 Å². The maximum absolute atomic E-state index is 12.5. The standard InChI is InChI=1S/C20H20F3NO3/c21-20(22,23)27-17-9-4-6-15(12-17)14-26-18-10-5-11-24(13-18)19(25)16-7-2-1-3-8-16/h1-4,6-9,12,18H,5,10-11,13-14H2. The summed E-state index contributed by atoms with van der Waals surface area (Å²) in [7, 11) is 0. The first kappa shape index (κ1) is 19.2. The fraction of sp³-hybridized carbons (Fsp3) is 0.350. The highest BCUT2D eigenvalue weighted by atomic mass is 19.4. The Hall–Kier alpha value is -2.54. The van der Waals surface area contributed by atoms with Gasteiger partial charge in [0, 0.05) is 18.7 Å². The second kappa shape index (κ2) is 8.43. The number of carbonyl (C=O) groups is 1. The van der Waals surface area contributed by atoms with Crippen molar-refractivity contribution in [1.29, 1.82) is 0 Å². The van der Waals surface area contributed by atoms with Gasteiger partial charge in [-0.3, -0.25) is 4.79 Å². The molecule has 0 radical (unpaired) electrons. The zero-order valence-corrected chi connectivity index (χ0v) is 14.6. The molecular formula is C20H20F3NO3. The molecule has 2 aromatic rings. The van der Waals surface area contributed by atoms with Crippen LogP contribution in [0.1, 0.15) is 28.8 Å². The molecule has 27 heavy (non-hydrogen) atoms. The third-order valence-electron chi connectivity index (χ3n) is 4.30. The Morgan fingerprint density at radius 2 is 1.89 bits per heavy atom. The van der Waals surface area contributed by atoms with Crippen molar-refractivity contribution in [3.63, 3.8) is 0 Å². The van der Waals surface area contributed by atoms with Gasteiger partial charge in [0.05, 0.1) is 12.7 Å². The molecule has 0 spiro atoms. The molecule has 7 heteroatoms. The predicted octanol–water partition coefficient (Wildman–Crippen LogP) is 4.41. The Labute approximate surface area is 155 Å². The van der Waals surface area contributed by atoms with Gasteiger partial charge in [-0.1, -0.05) is 30.3 Å². The maximum atomic E-state index is 12.5. The number of benzene rings is 2. The number of amides is 1. The first-order chi connectivity index (χ1) is 12.9. The molecule has 1 heterocycles. The van der Waals surface area contributed by atoms with Crippen LogP contribution < -0.4 is 4.74 Å². The molecule has 2 aromatic carbocycles. The number of halogens is 3. The van der Waals surface area contributed by atoms with Crippen molar-refractivity contribution in [2.75, 3.05) is 13.1 Å². The normalized spacial score (nSPS) is 17.6. The van der Waals surface area contributed by atoms with Gasteiger partial charge in [-0.25, -0.2) is 0 Å². The first-order valence-electron chi connectivity index (χ1n) is 8.71. The monoisotopic (exact) mass is 379 g/mol. The molecule has 0 aromatic heterocycles. The summed E-state index contributed by atoms with van der Waals surface area (Å²) < 4.78 is 46.7. The van der Waals surface area contributed by atoms with Crippen molar-refractivity contribution in [2.45, 2.75) is 31.9 Å². The van der Waals surface area contributed by atoms with Gasteiger partial charge < -0.3 is 14.4 Å². The van der Waals surface area contributed by atoms with E-state index in [-0.39, 0.29) is 24.4 Å². The van der Waals surface area contributed by atoms with Gasteiger partial charge in [-0.05, 0) is 42.7 Å². The molecule has 1 amide bonds. The molecular weight excluding hydrogens is 359 g/mol. The van der Waals surface area contributed by atoms with E-state index in [0.717, 1.165) is 12.8 Å². The molecule has 4 nitrogen and oxygen atoms in total. The Balaban J connectivity index is 1.55. The molecule has 1 aliphatic heterocycles. The lowest BCUT2D eigenvalue weighted by Crippen LogP contribution is -2.43. The molecule has 1 fully saturated rings. The number of hydrogen-bond donors (Lipinski definition) is 0. The van der Waals surface area contributed by atoms with Crippen molar-refractivity contribution < 1.29 is 27.4 Å². The molecule has 0 aliphatic carbocycles. The number of piperidine rings is 1. The van der Waals surface area contributed by atoms with Gasteiger partial charge in [0.1, 0.15) is 5.75 Å². The third-order valence-corrected chi connectivity index (χ3v) is 4.30. The minimum atomic E-state index is -4.72. The van der Waals surface area contributed by atoms with Crippen LogP contribution in [0, 0.1) is 0 Å². The van der Waals surface area contributed by atoms with Gasteiger partial charge in [0.2, 0.25) is 0 Å². The zero-order chi connectivity index (χ0) is 19.3. The number of alkyl halides is 3. The van der Waals surface area contributed by atoms with Gasteiger partial charge in [-0.15, -0.1) is 13.2 Å². The fourth-order valence-electron chi connectivity index (χ4n) is 3.07. The molecule has 1 aliphatic rings. The van der Waals surface area contributed by atoms with Crippen LogP contribution in [-0.4, -0.2) is 36.4 Å². The van der Waals surface area contributed by atoms with Crippen LogP contribution in [0.4, 0.5) is 13.2 Å². The van der Waals surface area contributed by atoms with Crippen LogP contribution in [0.2, 0.25) is 0 Å². The Bertz CT molecular complexity index is 765. The van der Waals surface area contributed by atoms with Crippen LogP contribution >= 0.6 is 0 Å². The van der Waals surface area contributed by atoms with Crippen LogP contribution in [0.25, 0.3) is 0 Å². The minimum absolute atomic E-state index is 0.0375. The minimum Gasteiger partial charge on any atom is -0.406 e. The summed E-state index contributed by atoms with van der Waals surface area (Å²) in [6.07, 6.45) is -3.25. The quantitative estimate of drug-likeness (QED) is 0.773. The van der Waals surface area contributed by atoms with Crippen LogP contribution in [-0.2, 0) is 11.3 Å². The highest BCUT2D eigenvalue weighted by Crippen LogP contribution is 2.24. The van der Waals surface area contributed by atoms with Gasteiger partial charge >= 0.3 is 6.36 Å². The number of nitrogens with zero attached hydrogens (tertiary/aromatic N) is 1. The molecule has 1 saturated heterocycles. The van der Waals surface area contributed by atoms with Gasteiger partial charge in [0.25, 0.3) is 5.91 Å². The van der Waals surface area contributed by atoms with Crippen LogP contribution in [0.5, 0.6) is 5.75 Å². The van der Waals surface area contributed by atoms with E-state index >= 15 is 0 Å². The SMILES string of the molecule is O=C(c1ccccc1)N1CCCC(OCc2cccc(OC(F)(F)F)c2)C1. The number of ether oxygens (including phenoxy) is 2. The summed E-state index contributed by atoms with van der Waals surface area (Å²) in [5.74, 6) is -0.308. The fourth-order valence-corrected chi connectivity index (χ4v) is 3.07. The van der Waals surface area contributed by atoms with Crippen molar-refractivity contribution >= 4 is 5.91 Å². The van der Waals surface area contributed by atoms with E-state index in [0.29, 0.717) is 24.2 Å². The van der Waals surface area contributed by atoms with Crippen molar-refractivity contribution in [1.82, 2.24) is 4.90 Å². The Morgan fingerprint density at radius 3 is 2.63 bits per heavy atom. The van der Waals surface area contributed by atoms with E-state index in [9.17, 15) is 18.0 Å². The topological polar surface area (TPSA) is 38.8 Å². The van der Waals surface area contributed by atoms with Gasteiger partial charge in [-0.2, -0.15) is 0 Å². The highest BCUT2D eigenvalue weighted by Gasteiger charge is 2.31. The number of carbonyl (C=O) groups excluding carboxylic acids is 1. The summed E-state index contributed by atoms with van der Waals surface area (Å²) in [4.78, 5) is 14.3. The number of hydrogen-bond acceptors (Lipinski definition) is 3. The first-order valence-corrected chi connectivity index (χ1v) is 8.71. The zero-order valence-electron chi connectivity index (χ0n) is 14.6. The Morgan fingerprint density at radius 1 is 1.11 bits per heavy atom. The molecule has 1 unspecified atom stereocenters. The number of likely N-dealkylation sites (tertiary alicyclic amines) is 1. The van der Waals surface area contributed by atoms with E-state index in [4.69, 9.17) is 4.74 Å². The summed E-state index contributed by atoms with van der Waals surface area (Å²) in [6.45, 7) is 1.29. The molecule has 3 rings (SSSR count).